The first-order chi connectivity index (χ1) is 6.05. The monoisotopic (exact) mass is 226 g/mol. The molecule has 0 saturated heterocycles. The quantitative estimate of drug-likeness (QED) is 0.620. The summed E-state index contributed by atoms with van der Waals surface area (Å²) < 4.78 is 37.3. The Balaban J connectivity index is 0.00000169. The molecule has 0 aliphatic carbocycles. The van der Waals surface area contributed by atoms with Crippen LogP contribution in [0.5, 0.6) is 0 Å². The maximum absolute atomic E-state index is 12.4. The molecule has 0 aromatic heterocycles. The molecular weight excluding hydrogens is 215 g/mol. The second kappa shape index (κ2) is 6.33. The predicted molar refractivity (Wildman–Crippen MR) is 49.1 cm³/mol. The third-order valence-corrected chi connectivity index (χ3v) is 1.93. The van der Waals surface area contributed by atoms with Crippen LogP contribution >= 0.6 is 0 Å². The summed E-state index contributed by atoms with van der Waals surface area (Å²) in [5.74, 6) is 0. The fourth-order valence-electron chi connectivity index (χ4n) is 1.35. The van der Waals surface area contributed by atoms with E-state index >= 15 is 0 Å². The van der Waals surface area contributed by atoms with E-state index in [0.717, 1.165) is 12.5 Å². The zero-order chi connectivity index (χ0) is 9.90. The molecule has 0 fully saturated rings. The molecule has 0 aliphatic rings. The summed E-state index contributed by atoms with van der Waals surface area (Å²) in [4.78, 5) is 0. The molecule has 1 rings (SSSR count). The molecule has 0 bridgehead atoms. The number of benzene rings is 1. The fraction of sp³-hybridized carbons (Fsp3) is 0.333. The van der Waals surface area contributed by atoms with Gasteiger partial charge in [-0.15, -0.1) is 5.46 Å². The number of halogens is 3. The van der Waals surface area contributed by atoms with Gasteiger partial charge in [0.2, 0.25) is 0 Å². The Morgan fingerprint density at radius 2 is 1.71 bits per heavy atom. The Hall–Kier alpha value is 0.711. The summed E-state index contributed by atoms with van der Waals surface area (Å²) in [6.07, 6.45) is 1.24. The van der Waals surface area contributed by atoms with Crippen LogP contribution in [0.2, 0.25) is 0 Å². The van der Waals surface area contributed by atoms with Gasteiger partial charge < -0.3 is 12.9 Å². The summed E-state index contributed by atoms with van der Waals surface area (Å²) in [5.41, 5.74) is -0.0261. The molecule has 0 aliphatic heterocycles. The molecule has 14 heavy (non-hydrogen) atoms. The molecule has 0 heterocycles. The number of aryl methyl sites for hydroxylation is 1. The molecule has 0 saturated carbocycles. The van der Waals surface area contributed by atoms with E-state index in [4.69, 9.17) is 0 Å². The maximum Gasteiger partial charge on any atom is 1.00 e. The van der Waals surface area contributed by atoms with Crippen molar-refractivity contribution >= 4 is 12.4 Å². The van der Waals surface area contributed by atoms with Gasteiger partial charge in [-0.3, -0.25) is 0 Å². The minimum absolute atomic E-state index is 0. The van der Waals surface area contributed by atoms with E-state index in [2.05, 4.69) is 0 Å². The van der Waals surface area contributed by atoms with Gasteiger partial charge in [0.05, 0.1) is 0 Å². The first-order valence-corrected chi connectivity index (χ1v) is 4.33. The third kappa shape index (κ3) is 4.06. The molecule has 0 nitrogen and oxygen atoms in total. The molecule has 0 unspecified atom stereocenters. The minimum Gasteiger partial charge on any atom is -0.445 e. The normalized spacial score (nSPS) is 10.9. The first-order valence-electron chi connectivity index (χ1n) is 4.33. The zero-order valence-electron chi connectivity index (χ0n) is 8.43. The Kier molecular flexibility index (Phi) is 6.65. The molecule has 5 heteroatoms. The number of hydrogen-bond donors (Lipinski definition) is 0. The predicted octanol–water partition coefficient (Wildman–Crippen LogP) is -0.302. The van der Waals surface area contributed by atoms with Crippen molar-refractivity contribution < 1.29 is 64.3 Å². The Morgan fingerprint density at radius 3 is 2.21 bits per heavy atom. The van der Waals surface area contributed by atoms with E-state index in [-0.39, 0.29) is 51.4 Å². The van der Waals surface area contributed by atoms with Crippen LogP contribution in [0, 0.1) is 0 Å². The topological polar surface area (TPSA) is 0 Å². The molecule has 1 aromatic carbocycles. The van der Waals surface area contributed by atoms with Gasteiger partial charge in [-0.2, -0.15) is 0 Å². The van der Waals surface area contributed by atoms with Crippen LogP contribution in [0.25, 0.3) is 0 Å². The van der Waals surface area contributed by atoms with E-state index in [1.807, 2.05) is 6.92 Å². The molecule has 0 atom stereocenters. The smallest absolute Gasteiger partial charge is 0.445 e. The first kappa shape index (κ1) is 14.7. The minimum atomic E-state index is -4.85. The van der Waals surface area contributed by atoms with Gasteiger partial charge in [0.15, 0.2) is 0 Å². The van der Waals surface area contributed by atoms with Crippen molar-refractivity contribution in [3.8, 4) is 0 Å². The second-order valence-electron chi connectivity index (χ2n) is 3.02. The average molecular weight is 226 g/mol. The van der Waals surface area contributed by atoms with E-state index in [0.29, 0.717) is 12.0 Å². The Labute approximate surface area is 125 Å². The second-order valence-corrected chi connectivity index (χ2v) is 3.02. The SMILES string of the molecule is CCCc1ccccc1[B-](F)(F)F.[K+]. The van der Waals surface area contributed by atoms with E-state index in [1.165, 1.54) is 6.07 Å². The van der Waals surface area contributed by atoms with Crippen molar-refractivity contribution in [2.24, 2.45) is 0 Å². The van der Waals surface area contributed by atoms with Crippen molar-refractivity contribution in [2.45, 2.75) is 19.8 Å². The van der Waals surface area contributed by atoms with E-state index in [1.54, 1.807) is 12.1 Å². The fourth-order valence-corrected chi connectivity index (χ4v) is 1.35. The van der Waals surface area contributed by atoms with Crippen LogP contribution in [0.1, 0.15) is 18.9 Å². The molecule has 72 valence electrons. The summed E-state index contributed by atoms with van der Waals surface area (Å²) in [6, 6.07) is 5.79. The van der Waals surface area contributed by atoms with Crippen LogP contribution in [0.3, 0.4) is 0 Å². The standard InChI is InChI=1S/C9H11BF3.K/c1-2-5-8-6-3-4-7-9(8)10(11,12)13;/h3-4,6-7H,2,5H2,1H3;/q-1;+1. The van der Waals surface area contributed by atoms with Crippen molar-refractivity contribution in [2.75, 3.05) is 0 Å². The van der Waals surface area contributed by atoms with Gasteiger partial charge in [0, 0.05) is 0 Å². The van der Waals surface area contributed by atoms with Crippen molar-refractivity contribution in [1.82, 2.24) is 0 Å². The van der Waals surface area contributed by atoms with Gasteiger partial charge in [-0.1, -0.05) is 43.2 Å². The van der Waals surface area contributed by atoms with Crippen molar-refractivity contribution in [3.05, 3.63) is 29.8 Å². The average Bonchev–Trinajstić information content (AvgIpc) is 2.04. The summed E-state index contributed by atoms with van der Waals surface area (Å²) in [5, 5.41) is 0. The van der Waals surface area contributed by atoms with Gasteiger partial charge >= 0.3 is 58.4 Å². The molecule has 0 amide bonds. The molecule has 0 spiro atoms. The Bertz CT molecular complexity index is 286. The Morgan fingerprint density at radius 1 is 1.14 bits per heavy atom. The number of hydrogen-bond acceptors (Lipinski definition) is 0. The molecule has 0 N–H and O–H groups in total. The van der Waals surface area contributed by atoms with Gasteiger partial charge in [0.25, 0.3) is 0 Å². The van der Waals surface area contributed by atoms with Gasteiger partial charge in [-0.05, 0) is 6.42 Å². The summed E-state index contributed by atoms with van der Waals surface area (Å²) in [7, 11) is 0. The van der Waals surface area contributed by atoms with Gasteiger partial charge in [-0.25, -0.2) is 0 Å². The van der Waals surface area contributed by atoms with Crippen LogP contribution in [0.4, 0.5) is 12.9 Å². The third-order valence-electron chi connectivity index (χ3n) is 1.93. The van der Waals surface area contributed by atoms with Crippen LogP contribution in [-0.4, -0.2) is 6.98 Å². The van der Waals surface area contributed by atoms with Crippen molar-refractivity contribution in [1.29, 1.82) is 0 Å². The molecule has 1 aromatic rings. The summed E-state index contributed by atoms with van der Waals surface area (Å²) >= 11 is 0. The zero-order valence-corrected chi connectivity index (χ0v) is 11.6. The number of rotatable bonds is 3. The van der Waals surface area contributed by atoms with Crippen LogP contribution in [-0.2, 0) is 6.42 Å². The van der Waals surface area contributed by atoms with Gasteiger partial charge in [0.1, 0.15) is 0 Å². The van der Waals surface area contributed by atoms with E-state index in [9.17, 15) is 12.9 Å². The van der Waals surface area contributed by atoms with Crippen LogP contribution < -0.4 is 56.8 Å². The summed E-state index contributed by atoms with van der Waals surface area (Å²) in [6.45, 7) is -2.97. The van der Waals surface area contributed by atoms with E-state index < -0.39 is 12.4 Å². The molecular formula is C9H11BF3K. The van der Waals surface area contributed by atoms with Crippen LogP contribution in [0.15, 0.2) is 24.3 Å². The largest absolute Gasteiger partial charge is 1.00 e. The molecule has 0 radical (unpaired) electrons. The maximum atomic E-state index is 12.4. The van der Waals surface area contributed by atoms with Crippen molar-refractivity contribution in [3.63, 3.8) is 0 Å².